The Morgan fingerprint density at radius 2 is 1.97 bits per heavy atom. The maximum Gasteiger partial charge on any atom is 0.0409 e. The fourth-order valence-corrected chi connectivity index (χ4v) is 4.35. The predicted molar refractivity (Wildman–Crippen MR) is 142 cm³/mol. The summed E-state index contributed by atoms with van der Waals surface area (Å²) in [5, 5.41) is 8.01. The zero-order valence-corrected chi connectivity index (χ0v) is 20.5. The Bertz CT molecular complexity index is 902. The van der Waals surface area contributed by atoms with Crippen LogP contribution >= 0.6 is 0 Å². The molecule has 0 aliphatic heterocycles. The van der Waals surface area contributed by atoms with E-state index in [9.17, 15) is 0 Å². The number of aryl methyl sites for hydroxylation is 1. The molecule has 2 rings (SSSR count). The Morgan fingerprint density at radius 1 is 1.22 bits per heavy atom. The summed E-state index contributed by atoms with van der Waals surface area (Å²) < 4.78 is 0. The molecule has 0 aromatic heterocycles. The van der Waals surface area contributed by atoms with Gasteiger partial charge in [0.2, 0.25) is 0 Å². The van der Waals surface area contributed by atoms with Crippen molar-refractivity contribution in [2.24, 2.45) is 16.6 Å². The van der Waals surface area contributed by atoms with Crippen molar-refractivity contribution < 1.29 is 0 Å². The summed E-state index contributed by atoms with van der Waals surface area (Å²) in [5.74, 6) is 0.686. The van der Waals surface area contributed by atoms with E-state index in [1.165, 1.54) is 34.9 Å². The van der Waals surface area contributed by atoms with E-state index in [1.807, 2.05) is 12.3 Å². The number of nitrogens with one attached hydrogen (secondary N) is 1. The lowest BCUT2D eigenvalue weighted by Gasteiger charge is -2.26. The molecule has 4 nitrogen and oxygen atoms in total. The predicted octanol–water partition coefficient (Wildman–Crippen LogP) is 6.98. The van der Waals surface area contributed by atoms with E-state index in [1.54, 1.807) is 6.20 Å². The van der Waals surface area contributed by atoms with Crippen LogP contribution < -0.4 is 11.5 Å². The number of nitrogens with zero attached hydrogens (tertiary/aromatic N) is 1. The maximum atomic E-state index is 8.01. The number of hydrogen-bond acceptors (Lipinski definition) is 4. The molecule has 1 aromatic carbocycles. The molecular weight excluding hydrogens is 392 g/mol. The van der Waals surface area contributed by atoms with Crippen LogP contribution in [-0.4, -0.2) is 19.0 Å². The lowest BCUT2D eigenvalue weighted by atomic mass is 9.79. The number of anilines is 1. The Labute approximate surface area is 195 Å². The first kappa shape index (κ1) is 25.6. The fourth-order valence-electron chi connectivity index (χ4n) is 4.35. The second kappa shape index (κ2) is 13.0. The van der Waals surface area contributed by atoms with Crippen molar-refractivity contribution in [3.8, 4) is 0 Å². The molecule has 0 bridgehead atoms. The highest BCUT2D eigenvalue weighted by Crippen LogP contribution is 2.41. The molecule has 0 saturated heterocycles. The third-order valence-corrected chi connectivity index (χ3v) is 6.53. The second-order valence-electron chi connectivity index (χ2n) is 8.93. The Balaban J connectivity index is 2.57. The van der Waals surface area contributed by atoms with Crippen LogP contribution in [0.2, 0.25) is 0 Å². The number of nitrogen functional groups attached to an aromatic ring is 1. The van der Waals surface area contributed by atoms with Gasteiger partial charge in [0, 0.05) is 42.0 Å². The molecule has 0 fully saturated rings. The van der Waals surface area contributed by atoms with Gasteiger partial charge in [0.25, 0.3) is 0 Å². The molecule has 32 heavy (non-hydrogen) atoms. The minimum atomic E-state index is 0.665. The topological polar surface area (TPSA) is 88.2 Å². The van der Waals surface area contributed by atoms with E-state index in [2.05, 4.69) is 39.8 Å². The number of benzene rings is 1. The smallest absolute Gasteiger partial charge is 0.0409 e. The molecule has 0 saturated carbocycles. The van der Waals surface area contributed by atoms with Crippen molar-refractivity contribution in [1.29, 1.82) is 5.41 Å². The van der Waals surface area contributed by atoms with Crippen molar-refractivity contribution in [3.63, 3.8) is 0 Å². The monoisotopic (exact) mass is 434 g/mol. The molecule has 5 N–H and O–H groups in total. The van der Waals surface area contributed by atoms with Gasteiger partial charge in [0.15, 0.2) is 0 Å². The highest BCUT2D eigenvalue weighted by Gasteiger charge is 2.22. The van der Waals surface area contributed by atoms with Crippen LogP contribution in [0, 0.1) is 18.3 Å². The molecule has 0 radical (unpaired) electrons. The van der Waals surface area contributed by atoms with Gasteiger partial charge in [-0.2, -0.15) is 0 Å². The molecule has 1 aliphatic carbocycles. The standard InChI is InChI=1S/C28H42N4/c1-5-7-10-23(22(17-29)19-32-16-15-20(3)6-2)24-11-8-9-12-25(24)28-21(4)13-14-27(31)26(28)18-30/h10,13-14,17-20,30H,5-9,11-12,15-16,29,31H2,1-4H3/b22-17+,23-10+,30-18?,32-19?. The Kier molecular flexibility index (Phi) is 10.5. The fraction of sp³-hybridized carbons (Fsp3) is 0.500. The lowest BCUT2D eigenvalue weighted by Crippen LogP contribution is -2.10. The molecular formula is C28H42N4. The average molecular weight is 435 g/mol. The van der Waals surface area contributed by atoms with Gasteiger partial charge in [-0.15, -0.1) is 0 Å². The summed E-state index contributed by atoms with van der Waals surface area (Å²) in [4.78, 5) is 4.72. The molecule has 1 atom stereocenters. The molecule has 1 aromatic rings. The van der Waals surface area contributed by atoms with Gasteiger partial charge < -0.3 is 16.9 Å². The summed E-state index contributed by atoms with van der Waals surface area (Å²) in [6, 6.07) is 3.98. The second-order valence-corrected chi connectivity index (χ2v) is 8.93. The van der Waals surface area contributed by atoms with Crippen molar-refractivity contribution in [3.05, 3.63) is 57.8 Å². The number of hydrogen-bond donors (Lipinski definition) is 3. The first-order chi connectivity index (χ1) is 15.5. The minimum absolute atomic E-state index is 0.665. The summed E-state index contributed by atoms with van der Waals surface area (Å²) in [6.07, 6.45) is 16.1. The van der Waals surface area contributed by atoms with Crippen LogP contribution in [0.1, 0.15) is 88.8 Å². The van der Waals surface area contributed by atoms with Gasteiger partial charge in [-0.1, -0.05) is 45.8 Å². The van der Waals surface area contributed by atoms with E-state index in [-0.39, 0.29) is 0 Å². The van der Waals surface area contributed by atoms with Crippen LogP contribution in [-0.2, 0) is 0 Å². The largest absolute Gasteiger partial charge is 0.404 e. The SMILES string of the molecule is CCC/C=C(C1=C(c2c(C)ccc(N)c2C=N)CCCC1)\C(C=NCCC(C)CC)=C\N. The van der Waals surface area contributed by atoms with Crippen LogP contribution in [0.25, 0.3) is 5.57 Å². The van der Waals surface area contributed by atoms with Crippen LogP contribution in [0.5, 0.6) is 0 Å². The van der Waals surface area contributed by atoms with Crippen molar-refractivity contribution in [2.45, 2.75) is 79.1 Å². The van der Waals surface area contributed by atoms with Crippen molar-refractivity contribution >= 4 is 23.7 Å². The molecule has 4 heteroatoms. The van der Waals surface area contributed by atoms with Crippen LogP contribution in [0.4, 0.5) is 5.69 Å². The summed E-state index contributed by atoms with van der Waals surface area (Å²) in [6.45, 7) is 9.64. The van der Waals surface area contributed by atoms with Crippen LogP contribution in [0.15, 0.2) is 46.1 Å². The molecule has 0 amide bonds. The molecule has 0 spiro atoms. The number of aliphatic imine (C=N–C) groups is 1. The van der Waals surface area contributed by atoms with E-state index in [0.717, 1.165) is 68.2 Å². The van der Waals surface area contributed by atoms with E-state index >= 15 is 0 Å². The van der Waals surface area contributed by atoms with E-state index < -0.39 is 0 Å². The molecule has 1 aliphatic rings. The zero-order valence-electron chi connectivity index (χ0n) is 20.5. The minimum Gasteiger partial charge on any atom is -0.404 e. The van der Waals surface area contributed by atoms with Gasteiger partial charge in [-0.05, 0) is 85.3 Å². The third kappa shape index (κ3) is 6.44. The Morgan fingerprint density at radius 3 is 2.62 bits per heavy atom. The quantitative estimate of drug-likeness (QED) is 0.199. The maximum absolute atomic E-state index is 8.01. The normalized spacial score (nSPS) is 16.6. The first-order valence-corrected chi connectivity index (χ1v) is 12.2. The van der Waals surface area contributed by atoms with Crippen molar-refractivity contribution in [1.82, 2.24) is 0 Å². The summed E-state index contributed by atoms with van der Waals surface area (Å²) in [7, 11) is 0. The highest BCUT2D eigenvalue weighted by molar-refractivity contribution is 5.96. The zero-order chi connectivity index (χ0) is 23.5. The molecule has 174 valence electrons. The van der Waals surface area contributed by atoms with Gasteiger partial charge in [0.1, 0.15) is 0 Å². The van der Waals surface area contributed by atoms with E-state index in [0.29, 0.717) is 11.6 Å². The molecule has 0 heterocycles. The van der Waals surface area contributed by atoms with Crippen LogP contribution in [0.3, 0.4) is 0 Å². The van der Waals surface area contributed by atoms with Gasteiger partial charge in [-0.3, -0.25) is 4.99 Å². The average Bonchev–Trinajstić information content (AvgIpc) is 2.81. The van der Waals surface area contributed by atoms with Gasteiger partial charge >= 0.3 is 0 Å². The van der Waals surface area contributed by atoms with Gasteiger partial charge in [0.05, 0.1) is 0 Å². The highest BCUT2D eigenvalue weighted by atomic mass is 14.7. The lowest BCUT2D eigenvalue weighted by molar-refractivity contribution is 0.525. The van der Waals surface area contributed by atoms with Crippen molar-refractivity contribution in [2.75, 3.05) is 12.3 Å². The third-order valence-electron chi connectivity index (χ3n) is 6.53. The molecule has 1 unspecified atom stereocenters. The first-order valence-electron chi connectivity index (χ1n) is 12.2. The number of rotatable bonds is 11. The van der Waals surface area contributed by atoms with E-state index in [4.69, 9.17) is 21.9 Å². The number of nitrogens with two attached hydrogens (primary N) is 2. The number of allylic oxidation sites excluding steroid dienone is 5. The summed E-state index contributed by atoms with van der Waals surface area (Å²) >= 11 is 0. The number of unbranched alkanes of at least 4 members (excludes halogenated alkanes) is 1. The summed E-state index contributed by atoms with van der Waals surface area (Å²) in [5.41, 5.74) is 21.1. The van der Waals surface area contributed by atoms with Gasteiger partial charge in [-0.25, -0.2) is 0 Å². The Hall–Kier alpha value is -2.62.